The zero-order chi connectivity index (χ0) is 94.5. The van der Waals surface area contributed by atoms with E-state index in [2.05, 4.69) is 89.4 Å². The molecule has 13 heterocycles. The van der Waals surface area contributed by atoms with E-state index in [1.54, 1.807) is 40.2 Å². The van der Waals surface area contributed by atoms with Crippen molar-refractivity contribution >= 4 is 73.7 Å². The number of aromatic nitrogens is 4. The van der Waals surface area contributed by atoms with Crippen LogP contribution in [0, 0.1) is 59.3 Å². The molecule has 8 aromatic rings. The lowest BCUT2D eigenvalue weighted by molar-refractivity contribution is -0.275. The van der Waals surface area contributed by atoms with Gasteiger partial charge in [-0.1, -0.05) is 187 Å². The summed E-state index contributed by atoms with van der Waals surface area (Å²) in [6, 6.07) is 34.2. The van der Waals surface area contributed by atoms with Crippen LogP contribution >= 0.6 is 11.3 Å². The number of carbonyl (C=O) groups is 5. The summed E-state index contributed by atoms with van der Waals surface area (Å²) in [5.74, 6) is -1.31. The van der Waals surface area contributed by atoms with E-state index in [1.807, 2.05) is 139 Å². The van der Waals surface area contributed by atoms with Gasteiger partial charge in [0.25, 0.3) is 11.5 Å². The quantitative estimate of drug-likeness (QED) is 0.0550. The molecule has 9 aliphatic rings. The van der Waals surface area contributed by atoms with Crippen molar-refractivity contribution in [2.75, 3.05) is 39.0 Å². The fourth-order valence-electron chi connectivity index (χ4n) is 19.5. The molecule has 4 N–H and O–H groups in total. The summed E-state index contributed by atoms with van der Waals surface area (Å²) in [7, 11) is -3.53. The molecule has 0 aliphatic carbocycles. The Bertz CT molecular complexity index is 5560. The Kier molecular flexibility index (Phi) is 28.3. The molecule has 4 aromatic carbocycles. The molecule has 9 aliphatic heterocycles. The highest BCUT2D eigenvalue weighted by Gasteiger charge is 2.64. The number of hydrogen-bond donors (Lipinski definition) is 4. The number of aliphatic hydroxyl groups excluding tert-OH is 4. The van der Waals surface area contributed by atoms with Crippen LogP contribution in [-0.4, -0.2) is 225 Å². The summed E-state index contributed by atoms with van der Waals surface area (Å²) < 4.78 is 84.5. The van der Waals surface area contributed by atoms with E-state index in [1.165, 1.54) is 49.5 Å². The minimum absolute atomic E-state index is 0.0107. The van der Waals surface area contributed by atoms with Crippen LogP contribution in [-0.2, 0) is 70.7 Å². The number of benzene rings is 4. The van der Waals surface area contributed by atoms with E-state index >= 15 is 0 Å². The molecular weight excluding hydrogens is 1730 g/mol. The highest BCUT2D eigenvalue weighted by atomic mass is 32.2. The number of alkyl halides is 3. The number of oxime groups is 3. The van der Waals surface area contributed by atoms with Crippen molar-refractivity contribution in [2.24, 2.45) is 38.2 Å². The molecule has 0 radical (unpaired) electrons. The number of aliphatic imine (C=N–C) groups is 1. The summed E-state index contributed by atoms with van der Waals surface area (Å²) in [5, 5.41) is 66.0. The number of likely N-dealkylation sites (tertiary alicyclic amines) is 4. The Labute approximate surface area is 764 Å². The van der Waals surface area contributed by atoms with Gasteiger partial charge in [0, 0.05) is 114 Å². The first-order chi connectivity index (χ1) is 61.9. The van der Waals surface area contributed by atoms with Gasteiger partial charge in [0.2, 0.25) is 33.7 Å². The first kappa shape index (κ1) is 96.4. The van der Waals surface area contributed by atoms with Gasteiger partial charge in [-0.3, -0.25) is 24.0 Å². The summed E-state index contributed by atoms with van der Waals surface area (Å²) in [6.07, 6.45) is -3.18. The van der Waals surface area contributed by atoms with Crippen LogP contribution in [0.15, 0.2) is 161 Å². The molecule has 702 valence electrons. The lowest BCUT2D eigenvalue weighted by Gasteiger charge is -2.31. The molecule has 16 atom stereocenters. The molecule has 5 fully saturated rings. The van der Waals surface area contributed by atoms with E-state index in [4.69, 9.17) is 28.1 Å². The van der Waals surface area contributed by atoms with Crippen LogP contribution in [0.4, 0.5) is 13.2 Å². The SMILES string of the molecule is Cc1cc(C(C(=O)N2CC(O)CC2C2=NOC(c3ccccc3)(C(F)(F)F)C2)C(C)C)on1.Cc1ccc([C@@]2(C)CC([C@@H]3C[C@@H](O)CN3C(=O)[C@@H](c3cc(C)no3)C(C)C)=NO2)cc1.Cc1ccc([C@]2(C)CC([C@@H]3C[C@@H](O)CN3C(=O)[C@H](c3cc(C)no3)C(C)C)=NO2)cc1.Cc1ncsc1-c1ccc([C@]2(C)CC([C@H]3C[C@@H](O)CN3C(=O)[C@H]3CCCN3S(C)(=O)=O)=NC2=O)cc1. The highest BCUT2D eigenvalue weighted by molar-refractivity contribution is 7.88. The Balaban J connectivity index is 0.000000141. The average molecular weight is 1850 g/mol. The molecule has 0 saturated carbocycles. The molecule has 4 aromatic heterocycles. The van der Waals surface area contributed by atoms with Gasteiger partial charge in [-0.2, -0.15) is 17.5 Å². The number of rotatable bonds is 20. The summed E-state index contributed by atoms with van der Waals surface area (Å²) >= 11 is 1.57. The molecule has 35 heteroatoms. The molecular formula is C96H118F3N13O17S2. The van der Waals surface area contributed by atoms with Crippen molar-refractivity contribution in [1.82, 2.24) is 44.4 Å². The third-order valence-electron chi connectivity index (χ3n) is 26.7. The molecule has 17 rings (SSSR count). The van der Waals surface area contributed by atoms with Gasteiger partial charge in [0.1, 0.15) is 41.1 Å². The van der Waals surface area contributed by atoms with Gasteiger partial charge in [0.05, 0.1) is 111 Å². The van der Waals surface area contributed by atoms with Gasteiger partial charge in [-0.25, -0.2) is 18.4 Å². The fraction of sp³-hybridized carbons (Fsp3) is 0.531. The minimum Gasteiger partial charge on any atom is -0.391 e. The standard InChI is InChI=1S/C25H30N4O5S2.2C24H31N3O4.C23H26F3N3O4/c1-15-22(35-14-26-15)16-6-8-17(9-7-16)25(2)12-19(27-24(25)32)21-11-18(30)13-28(21)23(31)20-5-4-10-29(20)36(3,33)34;2*1-14(2)22(21-10-16(4)25-30-21)23(29)27-13-18(28)11-20(27)19-12-24(5,31-26-19)17-8-6-15(3)7-9-17;1-13(2)20(19-9-14(3)27-32-19)21(31)29-12-16(30)10-18(29)17-11-22(33-28-17,23(24,25)26)15-7-5-4-6-8-15/h6-9,14,18,20-21,30H,4-5,10-13H2,1-3H3;2*6-10,14,18,20,22,28H,11-13H2,1-5H3;4-9,13,16,18,20,30H,10-12H2,1-3H3/t18-,20-,21-,25+;18-,20+,22+,24+;18-,20+,22-,24-;/m111./s1. The number of hydrogen-bond acceptors (Lipinski definition) is 25. The third-order valence-corrected chi connectivity index (χ3v) is 28.9. The first-order valence-corrected chi connectivity index (χ1v) is 47.5. The van der Waals surface area contributed by atoms with Crippen molar-refractivity contribution < 1.29 is 94.1 Å². The summed E-state index contributed by atoms with van der Waals surface area (Å²) in [6.45, 7) is 30.0. The second kappa shape index (κ2) is 38.5. The van der Waals surface area contributed by atoms with Crippen LogP contribution in [0.5, 0.6) is 0 Å². The van der Waals surface area contributed by atoms with E-state index in [0.29, 0.717) is 80.2 Å². The predicted octanol–water partition coefficient (Wildman–Crippen LogP) is 13.4. The first-order valence-electron chi connectivity index (χ1n) is 44.7. The van der Waals surface area contributed by atoms with Crippen molar-refractivity contribution in [1.29, 1.82) is 0 Å². The monoisotopic (exact) mass is 1850 g/mol. The number of thiazole rings is 1. The van der Waals surface area contributed by atoms with Crippen LogP contribution in [0.25, 0.3) is 10.4 Å². The highest BCUT2D eigenvalue weighted by Crippen LogP contribution is 2.51. The number of aliphatic hydroxyl groups is 4. The summed E-state index contributed by atoms with van der Waals surface area (Å²) in [5.41, 5.74) is 8.73. The molecule has 5 saturated heterocycles. The maximum atomic E-state index is 14.2. The van der Waals surface area contributed by atoms with Gasteiger partial charge < -0.3 is 68.1 Å². The maximum Gasteiger partial charge on any atom is 0.435 e. The van der Waals surface area contributed by atoms with Crippen molar-refractivity contribution in [3.63, 3.8) is 0 Å². The Morgan fingerprint density at radius 2 is 0.893 bits per heavy atom. The fourth-order valence-corrected chi connectivity index (χ4v) is 21.5. The van der Waals surface area contributed by atoms with Crippen molar-refractivity contribution in [3.05, 3.63) is 200 Å². The van der Waals surface area contributed by atoms with Gasteiger partial charge >= 0.3 is 6.18 Å². The van der Waals surface area contributed by atoms with E-state index in [9.17, 15) is 66.0 Å². The number of carbonyl (C=O) groups excluding carboxylic acids is 5. The molecule has 0 bridgehead atoms. The lowest BCUT2D eigenvalue weighted by atomic mass is 9.78. The van der Waals surface area contributed by atoms with Crippen LogP contribution < -0.4 is 0 Å². The Morgan fingerprint density at radius 3 is 1.27 bits per heavy atom. The molecule has 131 heavy (non-hydrogen) atoms. The largest absolute Gasteiger partial charge is 0.435 e. The second-order valence-electron chi connectivity index (χ2n) is 38.1. The molecule has 0 spiro atoms. The number of β-amino-alcohol motifs (C(OH)–C–C–N with tert-alkyl or cyclic N) is 4. The average Bonchev–Trinajstić information content (AvgIpc) is 1.60. The van der Waals surface area contributed by atoms with E-state index in [0.717, 1.165) is 61.9 Å². The number of nitrogens with zero attached hydrogens (tertiary/aromatic N) is 13. The topological polar surface area (TPSA) is 385 Å². The summed E-state index contributed by atoms with van der Waals surface area (Å²) in [4.78, 5) is 100. The molecule has 5 amide bonds. The number of amides is 5. The van der Waals surface area contributed by atoms with E-state index < -0.39 is 105 Å². The zero-order valence-electron chi connectivity index (χ0n) is 76.8. The Morgan fingerprint density at radius 1 is 0.504 bits per heavy atom. The van der Waals surface area contributed by atoms with Crippen molar-refractivity contribution in [3.8, 4) is 10.4 Å². The zero-order valence-corrected chi connectivity index (χ0v) is 78.4. The lowest BCUT2D eigenvalue weighted by Crippen LogP contribution is -2.51. The Hall–Kier alpha value is -10.7. The number of halogens is 3. The van der Waals surface area contributed by atoms with Gasteiger partial charge in [-0.05, 0) is 115 Å². The van der Waals surface area contributed by atoms with Crippen molar-refractivity contribution in [2.45, 2.75) is 269 Å². The van der Waals surface area contributed by atoms with Gasteiger partial charge in [0.15, 0.2) is 11.2 Å². The van der Waals surface area contributed by atoms with Crippen LogP contribution in [0.2, 0.25) is 0 Å². The van der Waals surface area contributed by atoms with Gasteiger partial charge in [-0.15, -0.1) is 11.3 Å². The number of aryl methyl sites for hydroxylation is 6. The minimum atomic E-state index is -4.73. The smallest absolute Gasteiger partial charge is 0.391 e. The van der Waals surface area contributed by atoms with Crippen LogP contribution in [0.1, 0.15) is 218 Å². The second-order valence-corrected chi connectivity index (χ2v) is 40.9. The van der Waals surface area contributed by atoms with E-state index in [-0.39, 0.29) is 110 Å². The molecule has 30 nitrogen and oxygen atoms in total. The maximum absolute atomic E-state index is 14.2. The molecule has 4 unspecified atom stereocenters. The third kappa shape index (κ3) is 20.2. The van der Waals surface area contributed by atoms with Crippen LogP contribution in [0.3, 0.4) is 0 Å². The normalized spacial score (nSPS) is 27.4. The number of sulfonamides is 1. The predicted molar refractivity (Wildman–Crippen MR) is 483 cm³/mol.